The first kappa shape index (κ1) is 65.6. The number of nitrogens with zero attached hydrogens (tertiary/aromatic N) is 4. The molecule has 21 heteroatoms. The highest BCUT2D eigenvalue weighted by Crippen LogP contribution is 2.36. The van der Waals surface area contributed by atoms with E-state index in [-0.39, 0.29) is 60.9 Å². The van der Waals surface area contributed by atoms with Crippen LogP contribution in [-0.4, -0.2) is 156 Å². The van der Waals surface area contributed by atoms with Crippen LogP contribution in [0.1, 0.15) is 99.1 Å². The van der Waals surface area contributed by atoms with Gasteiger partial charge in [0.25, 0.3) is 0 Å². The van der Waals surface area contributed by atoms with Gasteiger partial charge in [0.05, 0.1) is 41.9 Å². The summed E-state index contributed by atoms with van der Waals surface area (Å²) in [5, 5.41) is 19.2. The Hall–Kier alpha value is -5.90. The Balaban J connectivity index is 1.37. The van der Waals surface area contributed by atoms with E-state index in [4.69, 9.17) is 18.9 Å². The molecule has 1 aliphatic heterocycles. The van der Waals surface area contributed by atoms with Gasteiger partial charge in [-0.05, 0) is 82.7 Å². The van der Waals surface area contributed by atoms with Gasteiger partial charge in [-0.3, -0.25) is 29.4 Å². The molecule has 0 bridgehead atoms. The number of amides is 6. The van der Waals surface area contributed by atoms with Gasteiger partial charge in [-0.2, -0.15) is 0 Å². The number of carboxylic acid groups (broad SMARTS) is 1. The molecule has 4 unspecified atom stereocenters. The third-order valence-corrected chi connectivity index (χ3v) is 17.6. The summed E-state index contributed by atoms with van der Waals surface area (Å²) in [5.41, 5.74) is 1.88. The summed E-state index contributed by atoms with van der Waals surface area (Å²) in [6.45, 7) is 17.5. The number of benzene rings is 2. The minimum absolute atomic E-state index is 0.0332. The lowest BCUT2D eigenvalue weighted by Crippen LogP contribution is -2.60. The molecule has 1 saturated heterocycles. The molecule has 0 aliphatic carbocycles. The maximum atomic E-state index is 14.7. The molecule has 436 valence electrons. The Morgan fingerprint density at radius 2 is 1.46 bits per heavy atom. The highest BCUT2D eigenvalue weighted by atomic mass is 33.1. The van der Waals surface area contributed by atoms with Crippen molar-refractivity contribution in [2.45, 2.75) is 154 Å². The van der Waals surface area contributed by atoms with Gasteiger partial charge < -0.3 is 44.5 Å². The van der Waals surface area contributed by atoms with Gasteiger partial charge in [0.1, 0.15) is 36.4 Å². The highest BCUT2D eigenvalue weighted by Gasteiger charge is 2.44. The number of likely N-dealkylation sites (N-methyl/N-ethyl adjacent to an activating group) is 2. The zero-order valence-corrected chi connectivity index (χ0v) is 49.8. The Morgan fingerprint density at radius 3 is 2.03 bits per heavy atom. The Labute approximate surface area is 475 Å². The zero-order valence-electron chi connectivity index (χ0n) is 48.2. The Morgan fingerprint density at radius 1 is 0.785 bits per heavy atom. The van der Waals surface area contributed by atoms with Gasteiger partial charge in [0.15, 0.2) is 0 Å². The van der Waals surface area contributed by atoms with E-state index >= 15 is 0 Å². The second-order valence-corrected chi connectivity index (χ2v) is 23.8. The van der Waals surface area contributed by atoms with E-state index in [2.05, 4.69) is 34.8 Å². The van der Waals surface area contributed by atoms with Crippen molar-refractivity contribution in [3.8, 4) is 0 Å². The predicted octanol–water partition coefficient (Wildman–Crippen LogP) is 8.56. The van der Waals surface area contributed by atoms with Crippen LogP contribution in [0.3, 0.4) is 0 Å². The van der Waals surface area contributed by atoms with Crippen LogP contribution >= 0.6 is 21.6 Å². The average molecular weight is 1140 g/mol. The summed E-state index contributed by atoms with van der Waals surface area (Å²) in [7, 11) is 9.22. The number of methoxy groups -OCH3 is 2. The van der Waals surface area contributed by atoms with Gasteiger partial charge in [-0.25, -0.2) is 19.4 Å². The monoisotopic (exact) mass is 1140 g/mol. The fraction of sp³-hybridized carbons (Fsp3) is 0.586. The van der Waals surface area contributed by atoms with E-state index < -0.39 is 84.2 Å². The largest absolute Gasteiger partial charge is 0.480 e. The Bertz CT molecular complexity index is 2420. The van der Waals surface area contributed by atoms with E-state index in [1.54, 1.807) is 103 Å². The summed E-state index contributed by atoms with van der Waals surface area (Å²) in [6, 6.07) is 17.2. The third kappa shape index (κ3) is 19.4. The number of aromatic nitrogens is 1. The van der Waals surface area contributed by atoms with Crippen molar-refractivity contribution in [3.63, 3.8) is 0 Å². The van der Waals surface area contributed by atoms with Crippen LogP contribution in [0, 0.1) is 29.6 Å². The molecular weight excluding hydrogens is 1050 g/mol. The van der Waals surface area contributed by atoms with Crippen LogP contribution in [0.4, 0.5) is 15.3 Å². The lowest BCUT2D eigenvalue weighted by molar-refractivity contribution is -0.148. The number of carbonyl (C=O) groups is 7. The second-order valence-electron chi connectivity index (χ2n) is 21.3. The molecule has 1 aromatic heterocycles. The quantitative estimate of drug-likeness (QED) is 0.0458. The minimum atomic E-state index is -1.17. The fourth-order valence-electron chi connectivity index (χ4n) is 9.75. The number of anilines is 1. The number of nitrogens with one attached hydrogen (secondary N) is 3. The predicted molar refractivity (Wildman–Crippen MR) is 307 cm³/mol. The summed E-state index contributed by atoms with van der Waals surface area (Å²) >= 11 is 0. The minimum Gasteiger partial charge on any atom is -0.480 e. The van der Waals surface area contributed by atoms with Crippen LogP contribution in [0.5, 0.6) is 0 Å². The molecule has 79 heavy (non-hydrogen) atoms. The van der Waals surface area contributed by atoms with E-state index in [1.165, 1.54) is 37.0 Å². The van der Waals surface area contributed by atoms with Crippen LogP contribution < -0.4 is 16.0 Å². The molecule has 0 saturated carbocycles. The topological polar surface area (TPSA) is 235 Å². The van der Waals surface area contributed by atoms with Gasteiger partial charge in [-0.15, -0.1) is 0 Å². The zero-order chi connectivity index (χ0) is 58.5. The molecular formula is C58H85N7O12S2. The van der Waals surface area contributed by atoms with Crippen LogP contribution in [0.25, 0.3) is 0 Å². The number of pyridine rings is 1. The molecule has 0 radical (unpaired) electrons. The van der Waals surface area contributed by atoms with E-state index in [1.807, 2.05) is 52.0 Å². The smallest absolute Gasteiger partial charge is 0.411 e. The van der Waals surface area contributed by atoms with Crippen molar-refractivity contribution in [1.29, 1.82) is 0 Å². The summed E-state index contributed by atoms with van der Waals surface area (Å²) in [4.78, 5) is 104. The average Bonchev–Trinajstić information content (AvgIpc) is 3.93. The second kappa shape index (κ2) is 32.4. The summed E-state index contributed by atoms with van der Waals surface area (Å²) < 4.78 is 23.2. The van der Waals surface area contributed by atoms with Gasteiger partial charge in [0, 0.05) is 53.2 Å². The van der Waals surface area contributed by atoms with Crippen molar-refractivity contribution in [3.05, 3.63) is 90.1 Å². The number of hydrogen-bond donors (Lipinski definition) is 4. The first-order valence-electron chi connectivity index (χ1n) is 27.2. The molecule has 6 amide bonds. The van der Waals surface area contributed by atoms with E-state index in [0.29, 0.717) is 37.1 Å². The van der Waals surface area contributed by atoms with Gasteiger partial charge in [-0.1, -0.05) is 128 Å². The first-order valence-corrected chi connectivity index (χ1v) is 29.4. The molecule has 4 rings (SSSR count). The summed E-state index contributed by atoms with van der Waals surface area (Å²) in [5.74, 6) is -4.38. The van der Waals surface area contributed by atoms with Crippen LogP contribution in [0.2, 0.25) is 0 Å². The third-order valence-electron chi connectivity index (χ3n) is 14.6. The molecule has 0 spiro atoms. The number of hydrogen-bond acceptors (Lipinski definition) is 14. The van der Waals surface area contributed by atoms with Crippen molar-refractivity contribution in [2.24, 2.45) is 29.6 Å². The molecule has 19 nitrogen and oxygen atoms in total. The fourth-order valence-corrected chi connectivity index (χ4v) is 12.4. The maximum Gasteiger partial charge on any atom is 0.411 e. The molecule has 4 N–H and O–H groups in total. The van der Waals surface area contributed by atoms with Crippen molar-refractivity contribution in [2.75, 3.05) is 46.8 Å². The number of aliphatic carboxylic acids is 1. The van der Waals surface area contributed by atoms with Crippen molar-refractivity contribution < 1.29 is 57.6 Å². The lowest BCUT2D eigenvalue weighted by Gasteiger charge is -2.41. The number of likely N-dealkylation sites (tertiary alicyclic amines) is 1. The van der Waals surface area contributed by atoms with Crippen LogP contribution in [0.15, 0.2) is 84.0 Å². The maximum absolute atomic E-state index is 14.7. The summed E-state index contributed by atoms with van der Waals surface area (Å²) in [6.07, 6.45) is 0.696. The Kier molecular flexibility index (Phi) is 26.9. The van der Waals surface area contributed by atoms with Gasteiger partial charge in [0.2, 0.25) is 23.6 Å². The number of carbonyl (C=O) groups excluding carboxylic acids is 6. The SMILES string of the molecule is CC[C@H](C)[C@@H]([C@@H](CC(=O)N1CCCC1[C@H](OC)[C@@H](C)C(=O)N[C@@H](Cc1ccccc1)C(=O)O)OC)N(C)C(=O)C(NC(=O)C(C(C)C)N(C)C(=O)OCc1ccc(NC(=O)OCC(SSc2ccccn2)C(C)C)cc1)C(C)C. The van der Waals surface area contributed by atoms with Crippen molar-refractivity contribution in [1.82, 2.24) is 30.3 Å². The number of ether oxygens (including phenoxy) is 4. The molecule has 1 aliphatic rings. The molecule has 1 fully saturated rings. The standard InChI is InChI=1S/C58H85N7O12S2/c1-14-38(8)51(45(74-12)32-48(66)65-30-20-23-44(65)52(75-13)39(9)53(67)61-43(56(70)71)31-40-21-16-15-17-22-40)63(10)55(69)49(36(4)5)62-54(68)50(37(6)7)64(11)58(73)77-33-41-25-27-42(28-26-41)60-57(72)76-34-46(35(2)3)78-79-47-24-18-19-29-59-47/h15-19,21-22,24-29,35-39,43-46,49-52H,14,20,23,30-34H2,1-13H3,(H,60,72)(H,61,67)(H,62,68)(H,70,71)/t38-,39+,43-,44?,45+,46?,49?,50?,51-,52+/m0/s1. The normalized spacial score (nSPS) is 16.9. The number of rotatable bonds is 30. The highest BCUT2D eigenvalue weighted by molar-refractivity contribution is 8.76. The van der Waals surface area contributed by atoms with E-state index in [9.17, 15) is 38.7 Å². The number of carboxylic acids is 1. The van der Waals surface area contributed by atoms with Crippen molar-refractivity contribution >= 4 is 69.1 Å². The van der Waals surface area contributed by atoms with E-state index in [0.717, 1.165) is 10.6 Å². The molecule has 2 heterocycles. The molecule has 10 atom stereocenters. The lowest BCUT2D eigenvalue weighted by atomic mass is 9.89. The van der Waals surface area contributed by atoms with Crippen LogP contribution in [-0.2, 0) is 55.9 Å². The molecule has 2 aromatic carbocycles. The van der Waals surface area contributed by atoms with Gasteiger partial charge >= 0.3 is 18.2 Å². The first-order chi connectivity index (χ1) is 37.5. The molecule has 3 aromatic rings.